The lowest BCUT2D eigenvalue weighted by molar-refractivity contribution is 0.609. The number of nitrogens with one attached hydrogen (secondary N) is 2. The van der Waals surface area contributed by atoms with Crippen LogP contribution in [0.2, 0.25) is 0 Å². The molecule has 1 atom stereocenters. The molecule has 2 N–H and O–H groups in total. The molecule has 0 amide bonds. The largest absolute Gasteiger partial charge is 0.357 e. The molecule has 0 fully saturated rings. The van der Waals surface area contributed by atoms with E-state index in [9.17, 15) is 0 Å². The maximum Gasteiger partial charge on any atom is 0.191 e. The van der Waals surface area contributed by atoms with Gasteiger partial charge in [0, 0.05) is 19.6 Å². The fourth-order valence-corrected chi connectivity index (χ4v) is 3.02. The number of unbranched alkanes of at least 4 members (excludes halogenated alkanes) is 1. The number of hydrogen-bond acceptors (Lipinski definition) is 3. The molecule has 6 nitrogen and oxygen atoms in total. The van der Waals surface area contributed by atoms with Crippen LogP contribution in [0, 0.1) is 0 Å². The molecule has 28 heavy (non-hydrogen) atoms. The van der Waals surface area contributed by atoms with Crippen molar-refractivity contribution in [3.8, 4) is 0 Å². The Morgan fingerprint density at radius 1 is 1.07 bits per heavy atom. The standard InChI is InChI=1S/C21H28N6.HI/c1-3-22-21(23-12-6-7-13-27-15-24-25-16-27)26-17(2)19-11-10-18-8-4-5-9-20(18)14-19;/h4-5,8-11,14-17H,3,6-7,12-13H2,1-2H3,(H2,22,23,26);1H. The van der Waals surface area contributed by atoms with Gasteiger partial charge < -0.3 is 15.2 Å². The molecule has 0 saturated heterocycles. The zero-order valence-electron chi connectivity index (χ0n) is 16.5. The number of guanidine groups is 1. The van der Waals surface area contributed by atoms with Crippen molar-refractivity contribution in [1.29, 1.82) is 0 Å². The molecule has 0 aliphatic carbocycles. The van der Waals surface area contributed by atoms with Crippen molar-refractivity contribution >= 4 is 40.7 Å². The summed E-state index contributed by atoms with van der Waals surface area (Å²) in [6.45, 7) is 6.83. The Bertz CT molecular complexity index is 862. The molecular formula is C21H29IN6. The lowest BCUT2D eigenvalue weighted by Gasteiger charge is -2.18. The van der Waals surface area contributed by atoms with Gasteiger partial charge in [-0.1, -0.05) is 36.4 Å². The highest BCUT2D eigenvalue weighted by Crippen LogP contribution is 2.20. The van der Waals surface area contributed by atoms with Gasteiger partial charge >= 0.3 is 0 Å². The molecule has 0 radical (unpaired) electrons. The first-order chi connectivity index (χ1) is 13.3. The first kappa shape index (κ1) is 22.1. The molecule has 0 saturated carbocycles. The van der Waals surface area contributed by atoms with E-state index in [2.05, 4.69) is 77.1 Å². The Labute approximate surface area is 183 Å². The number of fused-ring (bicyclic) bond motifs is 1. The highest BCUT2D eigenvalue weighted by atomic mass is 127. The first-order valence-corrected chi connectivity index (χ1v) is 9.62. The van der Waals surface area contributed by atoms with Crippen molar-refractivity contribution in [1.82, 2.24) is 25.4 Å². The van der Waals surface area contributed by atoms with Gasteiger partial charge in [0.05, 0.1) is 6.04 Å². The number of nitrogens with zero attached hydrogens (tertiary/aromatic N) is 4. The molecule has 1 unspecified atom stereocenters. The van der Waals surface area contributed by atoms with Crippen LogP contribution < -0.4 is 10.6 Å². The summed E-state index contributed by atoms with van der Waals surface area (Å²) in [6.07, 6.45) is 5.58. The number of rotatable bonds is 8. The van der Waals surface area contributed by atoms with E-state index in [0.717, 1.165) is 38.4 Å². The fourth-order valence-electron chi connectivity index (χ4n) is 3.02. The van der Waals surface area contributed by atoms with Crippen LogP contribution in [0.15, 0.2) is 60.1 Å². The van der Waals surface area contributed by atoms with Crippen LogP contribution in [0.25, 0.3) is 10.8 Å². The lowest BCUT2D eigenvalue weighted by atomic mass is 10.0. The molecule has 3 aromatic rings. The normalized spacial score (nSPS) is 12.4. The minimum atomic E-state index is 0. The van der Waals surface area contributed by atoms with E-state index in [0.29, 0.717) is 0 Å². The number of aromatic nitrogens is 3. The monoisotopic (exact) mass is 492 g/mol. The SMILES string of the molecule is CCNC(=NCCCCn1cnnc1)NC(C)c1ccc2ccccc2c1.I. The Morgan fingerprint density at radius 3 is 2.57 bits per heavy atom. The molecule has 1 aromatic heterocycles. The van der Waals surface area contributed by atoms with Crippen LogP contribution >= 0.6 is 24.0 Å². The topological polar surface area (TPSA) is 67.1 Å². The molecule has 3 rings (SSSR count). The van der Waals surface area contributed by atoms with Gasteiger partial charge in [-0.15, -0.1) is 34.2 Å². The molecule has 0 aliphatic rings. The minimum Gasteiger partial charge on any atom is -0.357 e. The minimum absolute atomic E-state index is 0. The van der Waals surface area contributed by atoms with Crippen LogP contribution in [0.5, 0.6) is 0 Å². The molecule has 150 valence electrons. The third kappa shape index (κ3) is 6.47. The van der Waals surface area contributed by atoms with E-state index >= 15 is 0 Å². The van der Waals surface area contributed by atoms with Crippen LogP contribution in [0.1, 0.15) is 38.3 Å². The van der Waals surface area contributed by atoms with Crippen LogP contribution in [0.3, 0.4) is 0 Å². The molecule has 7 heteroatoms. The van der Waals surface area contributed by atoms with Crippen molar-refractivity contribution in [2.45, 2.75) is 39.3 Å². The van der Waals surface area contributed by atoms with Crippen molar-refractivity contribution in [2.75, 3.05) is 13.1 Å². The van der Waals surface area contributed by atoms with Crippen molar-refractivity contribution in [2.24, 2.45) is 4.99 Å². The number of hydrogen-bond donors (Lipinski definition) is 2. The van der Waals surface area contributed by atoms with E-state index in [4.69, 9.17) is 4.99 Å². The predicted molar refractivity (Wildman–Crippen MR) is 126 cm³/mol. The summed E-state index contributed by atoms with van der Waals surface area (Å²) >= 11 is 0. The highest BCUT2D eigenvalue weighted by molar-refractivity contribution is 14.0. The summed E-state index contributed by atoms with van der Waals surface area (Å²) in [5.74, 6) is 0.863. The van der Waals surface area contributed by atoms with Crippen LogP contribution in [-0.4, -0.2) is 33.8 Å². The Balaban J connectivity index is 0.00000280. The molecule has 2 aromatic carbocycles. The number of halogens is 1. The second-order valence-electron chi connectivity index (χ2n) is 6.64. The summed E-state index contributed by atoms with van der Waals surface area (Å²) < 4.78 is 2.00. The summed E-state index contributed by atoms with van der Waals surface area (Å²) in [6, 6.07) is 15.2. The van der Waals surface area contributed by atoms with Gasteiger partial charge in [-0.25, -0.2) is 0 Å². The first-order valence-electron chi connectivity index (χ1n) is 9.62. The third-order valence-corrected chi connectivity index (χ3v) is 4.53. The van der Waals surface area contributed by atoms with Gasteiger partial charge in [-0.3, -0.25) is 4.99 Å². The quantitative estimate of drug-likeness (QED) is 0.215. The van der Waals surface area contributed by atoms with Crippen LogP contribution in [0.4, 0.5) is 0 Å². The van der Waals surface area contributed by atoms with Gasteiger partial charge in [0.2, 0.25) is 0 Å². The second kappa shape index (κ2) is 11.6. The third-order valence-electron chi connectivity index (χ3n) is 4.53. The second-order valence-corrected chi connectivity index (χ2v) is 6.64. The zero-order chi connectivity index (χ0) is 18.9. The van der Waals surface area contributed by atoms with Crippen LogP contribution in [-0.2, 0) is 6.54 Å². The predicted octanol–water partition coefficient (Wildman–Crippen LogP) is 4.15. The maximum absolute atomic E-state index is 4.71. The molecule has 0 bridgehead atoms. The van der Waals surface area contributed by atoms with Crippen molar-refractivity contribution in [3.05, 3.63) is 60.7 Å². The van der Waals surface area contributed by atoms with E-state index in [1.165, 1.54) is 16.3 Å². The molecular weight excluding hydrogens is 463 g/mol. The van der Waals surface area contributed by atoms with Gasteiger partial charge in [0.1, 0.15) is 12.7 Å². The molecule has 0 aliphatic heterocycles. The van der Waals surface area contributed by atoms with Gasteiger partial charge in [-0.05, 0) is 49.1 Å². The smallest absolute Gasteiger partial charge is 0.191 e. The van der Waals surface area contributed by atoms with E-state index in [1.807, 2.05) is 4.57 Å². The fraction of sp³-hybridized carbons (Fsp3) is 0.381. The Morgan fingerprint density at radius 2 is 1.82 bits per heavy atom. The molecule has 1 heterocycles. The van der Waals surface area contributed by atoms with Crippen molar-refractivity contribution < 1.29 is 0 Å². The average molecular weight is 492 g/mol. The van der Waals surface area contributed by atoms with E-state index < -0.39 is 0 Å². The average Bonchev–Trinajstić information content (AvgIpc) is 3.21. The Hall–Kier alpha value is -2.16. The summed E-state index contributed by atoms with van der Waals surface area (Å²) in [5.41, 5.74) is 1.26. The van der Waals surface area contributed by atoms with Crippen molar-refractivity contribution in [3.63, 3.8) is 0 Å². The zero-order valence-corrected chi connectivity index (χ0v) is 18.8. The van der Waals surface area contributed by atoms with Gasteiger partial charge in [-0.2, -0.15) is 0 Å². The summed E-state index contributed by atoms with van der Waals surface area (Å²) in [4.78, 5) is 4.71. The highest BCUT2D eigenvalue weighted by Gasteiger charge is 2.08. The summed E-state index contributed by atoms with van der Waals surface area (Å²) in [5, 5.41) is 17.0. The van der Waals surface area contributed by atoms with E-state index in [1.54, 1.807) is 12.7 Å². The molecule has 0 spiro atoms. The maximum atomic E-state index is 4.71. The summed E-state index contributed by atoms with van der Waals surface area (Å²) in [7, 11) is 0. The van der Waals surface area contributed by atoms with E-state index in [-0.39, 0.29) is 30.0 Å². The number of aryl methyl sites for hydroxylation is 1. The lowest BCUT2D eigenvalue weighted by Crippen LogP contribution is -2.38. The van der Waals surface area contributed by atoms with Gasteiger partial charge in [0.15, 0.2) is 5.96 Å². The number of aliphatic imine (C=N–C) groups is 1. The Kier molecular flexibility index (Phi) is 9.19. The number of benzene rings is 2. The van der Waals surface area contributed by atoms with Gasteiger partial charge in [0.25, 0.3) is 0 Å².